The molecule has 2 aromatic rings. The van der Waals surface area contributed by atoms with Gasteiger partial charge in [0.25, 0.3) is 5.89 Å². The summed E-state index contributed by atoms with van der Waals surface area (Å²) in [5.74, 6) is 2.24. The maximum absolute atomic E-state index is 5.78. The summed E-state index contributed by atoms with van der Waals surface area (Å²) in [6, 6.07) is 3.61. The molecule has 0 unspecified atom stereocenters. The van der Waals surface area contributed by atoms with Crippen LogP contribution in [0.2, 0.25) is 0 Å². The molecule has 2 N–H and O–H groups in total. The third-order valence-electron chi connectivity index (χ3n) is 4.21. The largest absolute Gasteiger partial charge is 0.455 e. The number of hydrogen-bond donors (Lipinski definition) is 1. The molecule has 3 rings (SSSR count). The monoisotopic (exact) mass is 291 g/mol. The Morgan fingerprint density at radius 1 is 1.24 bits per heavy atom. The van der Waals surface area contributed by atoms with Crippen LogP contribution >= 0.6 is 0 Å². The zero-order valence-electron chi connectivity index (χ0n) is 12.3. The van der Waals surface area contributed by atoms with Crippen molar-refractivity contribution < 1.29 is 13.7 Å². The molecule has 1 saturated carbocycles. The molecule has 21 heavy (non-hydrogen) atoms. The Hall–Kier alpha value is -1.66. The van der Waals surface area contributed by atoms with Crippen molar-refractivity contribution in [2.75, 3.05) is 7.11 Å². The van der Waals surface area contributed by atoms with E-state index in [1.807, 2.05) is 6.07 Å². The van der Waals surface area contributed by atoms with Gasteiger partial charge in [-0.25, -0.2) is 0 Å². The predicted octanol–water partition coefficient (Wildman–Crippen LogP) is 2.98. The standard InChI is InChI=1S/C15H21N3O3/c1-19-15(8-4-2-3-5-9-15)14-17-13(21-18-14)12-7-6-11(10-16)20-12/h6-7H,2-5,8-10,16H2,1H3. The summed E-state index contributed by atoms with van der Waals surface area (Å²) in [4.78, 5) is 4.50. The lowest BCUT2D eigenvalue weighted by Crippen LogP contribution is -2.29. The Labute approximate surface area is 123 Å². The van der Waals surface area contributed by atoms with Crippen LogP contribution in [-0.4, -0.2) is 17.3 Å². The maximum Gasteiger partial charge on any atom is 0.293 e. The van der Waals surface area contributed by atoms with E-state index in [1.54, 1.807) is 13.2 Å². The van der Waals surface area contributed by atoms with Gasteiger partial charge < -0.3 is 19.4 Å². The van der Waals surface area contributed by atoms with Gasteiger partial charge in [-0.3, -0.25) is 0 Å². The smallest absolute Gasteiger partial charge is 0.293 e. The van der Waals surface area contributed by atoms with E-state index >= 15 is 0 Å². The number of furan rings is 1. The Morgan fingerprint density at radius 2 is 2.00 bits per heavy atom. The van der Waals surface area contributed by atoms with Crippen molar-refractivity contribution in [3.63, 3.8) is 0 Å². The van der Waals surface area contributed by atoms with Gasteiger partial charge in [0.1, 0.15) is 11.4 Å². The molecule has 0 bridgehead atoms. The highest BCUT2D eigenvalue weighted by atomic mass is 16.5. The van der Waals surface area contributed by atoms with Crippen molar-refractivity contribution in [2.24, 2.45) is 5.73 Å². The second-order valence-electron chi connectivity index (χ2n) is 5.51. The highest BCUT2D eigenvalue weighted by molar-refractivity contribution is 5.44. The molecule has 0 amide bonds. The lowest BCUT2D eigenvalue weighted by atomic mass is 9.93. The van der Waals surface area contributed by atoms with Gasteiger partial charge in [-0.1, -0.05) is 30.8 Å². The molecular weight excluding hydrogens is 270 g/mol. The molecule has 0 spiro atoms. The summed E-state index contributed by atoms with van der Waals surface area (Å²) in [6.45, 7) is 0.350. The zero-order valence-corrected chi connectivity index (χ0v) is 12.3. The highest BCUT2D eigenvalue weighted by Gasteiger charge is 2.37. The van der Waals surface area contributed by atoms with Crippen LogP contribution in [0.4, 0.5) is 0 Å². The van der Waals surface area contributed by atoms with Gasteiger partial charge in [-0.15, -0.1) is 0 Å². The average Bonchev–Trinajstić information content (AvgIpc) is 3.12. The van der Waals surface area contributed by atoms with Crippen LogP contribution in [-0.2, 0) is 16.9 Å². The Kier molecular flexibility index (Phi) is 4.07. The molecular formula is C15H21N3O3. The fourth-order valence-electron chi connectivity index (χ4n) is 2.93. The van der Waals surface area contributed by atoms with Crippen LogP contribution in [0.5, 0.6) is 0 Å². The first-order chi connectivity index (χ1) is 10.3. The average molecular weight is 291 g/mol. The summed E-state index contributed by atoms with van der Waals surface area (Å²) < 4.78 is 16.7. The molecule has 0 atom stereocenters. The van der Waals surface area contributed by atoms with Gasteiger partial charge >= 0.3 is 0 Å². The molecule has 1 aliphatic carbocycles. The third-order valence-corrected chi connectivity index (χ3v) is 4.21. The third kappa shape index (κ3) is 2.73. The van der Waals surface area contributed by atoms with Crippen molar-refractivity contribution in [3.8, 4) is 11.7 Å². The van der Waals surface area contributed by atoms with Crippen LogP contribution in [0.1, 0.15) is 50.1 Å². The molecule has 0 aromatic carbocycles. The number of nitrogens with zero attached hydrogens (tertiary/aromatic N) is 2. The molecule has 6 heteroatoms. The summed E-state index contributed by atoms with van der Waals surface area (Å²) in [5, 5.41) is 4.13. The van der Waals surface area contributed by atoms with Gasteiger partial charge in [-0.05, 0) is 25.0 Å². The first-order valence-corrected chi connectivity index (χ1v) is 7.46. The molecule has 0 radical (unpaired) electrons. The van der Waals surface area contributed by atoms with Crippen molar-refractivity contribution in [2.45, 2.75) is 50.7 Å². The van der Waals surface area contributed by atoms with Gasteiger partial charge in [0.2, 0.25) is 5.82 Å². The van der Waals surface area contributed by atoms with E-state index < -0.39 is 5.60 Å². The number of methoxy groups -OCH3 is 1. The molecule has 0 saturated heterocycles. The van der Waals surface area contributed by atoms with Gasteiger partial charge in [0, 0.05) is 7.11 Å². The summed E-state index contributed by atoms with van der Waals surface area (Å²) in [5.41, 5.74) is 5.11. The van der Waals surface area contributed by atoms with Crippen LogP contribution in [0.3, 0.4) is 0 Å². The Bertz CT molecular complexity index is 583. The minimum Gasteiger partial charge on any atom is -0.455 e. The molecule has 114 valence electrons. The van der Waals surface area contributed by atoms with E-state index in [0.717, 1.165) is 25.7 Å². The minimum absolute atomic E-state index is 0.350. The highest BCUT2D eigenvalue weighted by Crippen LogP contribution is 2.38. The van der Waals surface area contributed by atoms with E-state index in [9.17, 15) is 0 Å². The topological polar surface area (TPSA) is 87.3 Å². The van der Waals surface area contributed by atoms with E-state index in [2.05, 4.69) is 10.1 Å². The van der Waals surface area contributed by atoms with Crippen molar-refractivity contribution in [3.05, 3.63) is 23.7 Å². The molecule has 1 fully saturated rings. The Balaban J connectivity index is 1.88. The van der Waals surface area contributed by atoms with Crippen molar-refractivity contribution in [1.29, 1.82) is 0 Å². The molecule has 6 nitrogen and oxygen atoms in total. The maximum atomic E-state index is 5.78. The zero-order chi connectivity index (χ0) is 14.7. The predicted molar refractivity (Wildman–Crippen MR) is 76.3 cm³/mol. The SMILES string of the molecule is COC1(c2noc(-c3ccc(CN)o3)n2)CCCCCC1. The van der Waals surface area contributed by atoms with E-state index in [1.165, 1.54) is 12.8 Å². The van der Waals surface area contributed by atoms with Crippen LogP contribution < -0.4 is 5.73 Å². The minimum atomic E-state index is -0.429. The molecule has 0 aliphatic heterocycles. The van der Waals surface area contributed by atoms with Crippen LogP contribution in [0, 0.1) is 0 Å². The van der Waals surface area contributed by atoms with Crippen molar-refractivity contribution in [1.82, 2.24) is 10.1 Å². The second kappa shape index (κ2) is 5.99. The van der Waals surface area contributed by atoms with E-state index in [0.29, 0.717) is 29.8 Å². The van der Waals surface area contributed by atoms with E-state index in [-0.39, 0.29) is 0 Å². The fraction of sp³-hybridized carbons (Fsp3) is 0.600. The first-order valence-electron chi connectivity index (χ1n) is 7.46. The lowest BCUT2D eigenvalue weighted by molar-refractivity contribution is -0.0365. The van der Waals surface area contributed by atoms with Gasteiger partial charge in [0.15, 0.2) is 5.76 Å². The number of ether oxygens (including phenoxy) is 1. The van der Waals surface area contributed by atoms with Crippen molar-refractivity contribution >= 4 is 0 Å². The first kappa shape index (κ1) is 14.3. The van der Waals surface area contributed by atoms with Gasteiger partial charge in [-0.2, -0.15) is 4.98 Å². The summed E-state index contributed by atoms with van der Waals surface area (Å²) >= 11 is 0. The van der Waals surface area contributed by atoms with Gasteiger partial charge in [0.05, 0.1) is 6.54 Å². The summed E-state index contributed by atoms with van der Waals surface area (Å²) in [6.07, 6.45) is 6.55. The summed E-state index contributed by atoms with van der Waals surface area (Å²) in [7, 11) is 1.72. The lowest BCUT2D eigenvalue weighted by Gasteiger charge is -2.27. The van der Waals surface area contributed by atoms with Crippen LogP contribution in [0.15, 0.2) is 21.1 Å². The van der Waals surface area contributed by atoms with Crippen LogP contribution in [0.25, 0.3) is 11.7 Å². The quantitative estimate of drug-likeness (QED) is 0.871. The number of hydrogen-bond acceptors (Lipinski definition) is 6. The number of nitrogens with two attached hydrogens (primary N) is 1. The number of aromatic nitrogens is 2. The Morgan fingerprint density at radius 3 is 2.62 bits per heavy atom. The fourth-order valence-corrected chi connectivity index (χ4v) is 2.93. The normalized spacial score (nSPS) is 18.6. The van der Waals surface area contributed by atoms with E-state index in [4.69, 9.17) is 19.4 Å². The molecule has 2 aromatic heterocycles. The molecule has 2 heterocycles. The second-order valence-corrected chi connectivity index (χ2v) is 5.51. The molecule has 1 aliphatic rings. The number of rotatable bonds is 4.